The molecule has 0 radical (unpaired) electrons. The van der Waals surface area contributed by atoms with Gasteiger partial charge in [-0.2, -0.15) is 8.78 Å². The Labute approximate surface area is 191 Å². The topological polar surface area (TPSA) is 71.1 Å². The van der Waals surface area contributed by atoms with Gasteiger partial charge in [0.25, 0.3) is 0 Å². The molecule has 1 aliphatic rings. The number of alkyl halides is 2. The van der Waals surface area contributed by atoms with Crippen molar-refractivity contribution in [2.75, 3.05) is 38.1 Å². The van der Waals surface area contributed by atoms with E-state index in [4.69, 9.17) is 4.74 Å². The number of aryl methyl sites for hydroxylation is 1. The van der Waals surface area contributed by atoms with Crippen molar-refractivity contribution < 1.29 is 27.8 Å². The fraction of sp³-hybridized carbons (Fsp3) is 0.333. The van der Waals surface area contributed by atoms with Gasteiger partial charge in [-0.25, -0.2) is 4.79 Å². The van der Waals surface area contributed by atoms with E-state index >= 15 is 0 Å². The summed E-state index contributed by atoms with van der Waals surface area (Å²) in [5.74, 6) is -0.0735. The Morgan fingerprint density at radius 3 is 2.45 bits per heavy atom. The van der Waals surface area contributed by atoms with Crippen LogP contribution in [0.3, 0.4) is 0 Å². The maximum absolute atomic E-state index is 12.6. The molecule has 1 aliphatic heterocycles. The molecule has 0 bridgehead atoms. The van der Waals surface area contributed by atoms with Crippen LogP contribution in [0.4, 0.5) is 19.3 Å². The van der Waals surface area contributed by atoms with Gasteiger partial charge in [0.2, 0.25) is 5.91 Å². The molecule has 0 spiro atoms. The number of benzene rings is 2. The van der Waals surface area contributed by atoms with Gasteiger partial charge in [-0.05, 0) is 55.3 Å². The van der Waals surface area contributed by atoms with Gasteiger partial charge in [-0.3, -0.25) is 4.79 Å². The van der Waals surface area contributed by atoms with Crippen LogP contribution in [0, 0.1) is 6.92 Å². The summed E-state index contributed by atoms with van der Waals surface area (Å²) in [5.41, 5.74) is 2.40. The van der Waals surface area contributed by atoms with Crippen molar-refractivity contribution >= 4 is 23.7 Å². The molecular formula is C24H27F2N3O4. The summed E-state index contributed by atoms with van der Waals surface area (Å²) >= 11 is 0. The number of hydrogen-bond donors (Lipinski definition) is 1. The van der Waals surface area contributed by atoms with Crippen molar-refractivity contribution in [2.24, 2.45) is 0 Å². The first-order valence-electron chi connectivity index (χ1n) is 10.7. The summed E-state index contributed by atoms with van der Waals surface area (Å²) in [4.78, 5) is 28.4. The molecule has 0 unspecified atom stereocenters. The predicted molar refractivity (Wildman–Crippen MR) is 122 cm³/mol. The zero-order valence-electron chi connectivity index (χ0n) is 18.6. The molecule has 0 saturated carbocycles. The van der Waals surface area contributed by atoms with Gasteiger partial charge in [-0.1, -0.05) is 18.2 Å². The number of nitrogens with one attached hydrogen (secondary N) is 1. The standard InChI is InChI=1S/C24H27F2N3O4/c1-3-32-21-16-18(7-9-20(21)33-23(25)26)8-10-22(30)28-11-13-29(14-12-28)24(31)27-19-6-4-5-17(2)15-19/h4-10,15-16,23H,3,11-14H2,1-2H3,(H,27,31)/b10-8+. The number of anilines is 1. The average molecular weight is 459 g/mol. The van der Waals surface area contributed by atoms with Crippen LogP contribution >= 0.6 is 0 Å². The van der Waals surface area contributed by atoms with Gasteiger partial charge >= 0.3 is 12.6 Å². The van der Waals surface area contributed by atoms with Gasteiger partial charge in [0.1, 0.15) is 0 Å². The zero-order chi connectivity index (χ0) is 23.8. The third-order valence-corrected chi connectivity index (χ3v) is 5.05. The minimum atomic E-state index is -2.95. The van der Waals surface area contributed by atoms with Crippen LogP contribution in [0.25, 0.3) is 6.08 Å². The number of piperazine rings is 1. The number of ether oxygens (including phenoxy) is 2. The lowest BCUT2D eigenvalue weighted by atomic mass is 10.2. The zero-order valence-corrected chi connectivity index (χ0v) is 18.6. The third kappa shape index (κ3) is 6.93. The number of nitrogens with zero attached hydrogens (tertiary/aromatic N) is 2. The molecule has 1 N–H and O–H groups in total. The van der Waals surface area contributed by atoms with E-state index in [1.165, 1.54) is 12.1 Å². The summed E-state index contributed by atoms with van der Waals surface area (Å²) in [5, 5.41) is 2.88. The Bertz CT molecular complexity index is 1000. The molecule has 3 rings (SSSR count). The van der Waals surface area contributed by atoms with Crippen LogP contribution in [0.2, 0.25) is 0 Å². The van der Waals surface area contributed by atoms with E-state index in [0.717, 1.165) is 11.3 Å². The molecular weight excluding hydrogens is 432 g/mol. The number of amides is 3. The molecule has 1 saturated heterocycles. The van der Waals surface area contributed by atoms with Crippen molar-refractivity contribution in [2.45, 2.75) is 20.5 Å². The molecule has 0 aliphatic carbocycles. The molecule has 1 fully saturated rings. The van der Waals surface area contributed by atoms with Crippen LogP contribution < -0.4 is 14.8 Å². The SMILES string of the molecule is CCOc1cc(/C=C/C(=O)N2CCN(C(=O)Nc3cccc(C)c3)CC2)ccc1OC(F)F. The highest BCUT2D eigenvalue weighted by molar-refractivity contribution is 5.92. The molecule has 3 amide bonds. The fourth-order valence-corrected chi connectivity index (χ4v) is 3.42. The summed E-state index contributed by atoms with van der Waals surface area (Å²) in [7, 11) is 0. The number of hydrogen-bond acceptors (Lipinski definition) is 4. The molecule has 33 heavy (non-hydrogen) atoms. The largest absolute Gasteiger partial charge is 0.490 e. The first-order chi connectivity index (χ1) is 15.9. The highest BCUT2D eigenvalue weighted by Crippen LogP contribution is 2.30. The summed E-state index contributed by atoms with van der Waals surface area (Å²) < 4.78 is 34.9. The summed E-state index contributed by atoms with van der Waals surface area (Å²) in [6.07, 6.45) is 3.01. The van der Waals surface area contributed by atoms with E-state index in [1.54, 1.807) is 34.9 Å². The second kappa shape index (κ2) is 11.3. The molecule has 7 nitrogen and oxygen atoms in total. The van der Waals surface area contributed by atoms with Crippen molar-refractivity contribution in [1.29, 1.82) is 0 Å². The number of urea groups is 1. The van der Waals surface area contributed by atoms with E-state index in [2.05, 4.69) is 10.1 Å². The van der Waals surface area contributed by atoms with Crippen LogP contribution in [0.5, 0.6) is 11.5 Å². The van der Waals surface area contributed by atoms with Crippen molar-refractivity contribution in [1.82, 2.24) is 9.80 Å². The van der Waals surface area contributed by atoms with E-state index in [1.807, 2.05) is 31.2 Å². The normalized spacial score (nSPS) is 14.0. The number of rotatable bonds is 7. The minimum Gasteiger partial charge on any atom is -0.490 e. The quantitative estimate of drug-likeness (QED) is 0.624. The van der Waals surface area contributed by atoms with E-state index in [-0.39, 0.29) is 30.0 Å². The van der Waals surface area contributed by atoms with Crippen LogP contribution in [0.15, 0.2) is 48.5 Å². The smallest absolute Gasteiger partial charge is 0.387 e. The molecule has 0 aromatic heterocycles. The summed E-state index contributed by atoms with van der Waals surface area (Å²) in [6.45, 7) is 2.69. The van der Waals surface area contributed by atoms with E-state index in [9.17, 15) is 18.4 Å². The highest BCUT2D eigenvalue weighted by atomic mass is 19.3. The number of halogens is 2. The van der Waals surface area contributed by atoms with Crippen molar-refractivity contribution in [3.8, 4) is 11.5 Å². The number of carbonyl (C=O) groups is 2. The first kappa shape index (κ1) is 24.0. The van der Waals surface area contributed by atoms with Crippen LogP contribution in [-0.2, 0) is 4.79 Å². The Kier molecular flexibility index (Phi) is 8.23. The number of carbonyl (C=O) groups excluding carboxylic acids is 2. The monoisotopic (exact) mass is 459 g/mol. The Morgan fingerprint density at radius 2 is 1.79 bits per heavy atom. The minimum absolute atomic E-state index is 0.0598. The maximum Gasteiger partial charge on any atom is 0.387 e. The van der Waals surface area contributed by atoms with Crippen molar-refractivity contribution in [3.05, 3.63) is 59.7 Å². The molecule has 9 heteroatoms. The summed E-state index contributed by atoms with van der Waals surface area (Å²) in [6, 6.07) is 11.9. The van der Waals surface area contributed by atoms with Gasteiger partial charge in [0.15, 0.2) is 11.5 Å². The molecule has 0 atom stereocenters. The molecule has 176 valence electrons. The third-order valence-electron chi connectivity index (χ3n) is 5.05. The second-order valence-electron chi connectivity index (χ2n) is 7.46. The van der Waals surface area contributed by atoms with Gasteiger partial charge in [0, 0.05) is 37.9 Å². The Morgan fingerprint density at radius 1 is 1.06 bits per heavy atom. The molecule has 2 aromatic carbocycles. The molecule has 2 aromatic rings. The van der Waals surface area contributed by atoms with Gasteiger partial charge < -0.3 is 24.6 Å². The Balaban J connectivity index is 1.54. The predicted octanol–water partition coefficient (Wildman–Crippen LogP) is 4.38. The molecule has 1 heterocycles. The first-order valence-corrected chi connectivity index (χ1v) is 10.7. The lowest BCUT2D eigenvalue weighted by Crippen LogP contribution is -2.51. The second-order valence-corrected chi connectivity index (χ2v) is 7.46. The van der Waals surface area contributed by atoms with E-state index < -0.39 is 6.61 Å². The fourth-order valence-electron chi connectivity index (χ4n) is 3.42. The van der Waals surface area contributed by atoms with E-state index in [0.29, 0.717) is 31.7 Å². The van der Waals surface area contributed by atoms with Gasteiger partial charge in [-0.15, -0.1) is 0 Å². The maximum atomic E-state index is 12.6. The average Bonchev–Trinajstić information content (AvgIpc) is 2.79. The lowest BCUT2D eigenvalue weighted by molar-refractivity contribution is -0.127. The van der Waals surface area contributed by atoms with Crippen molar-refractivity contribution in [3.63, 3.8) is 0 Å². The Hall–Kier alpha value is -3.62. The lowest BCUT2D eigenvalue weighted by Gasteiger charge is -2.34. The highest BCUT2D eigenvalue weighted by Gasteiger charge is 2.23. The van der Waals surface area contributed by atoms with Crippen LogP contribution in [0.1, 0.15) is 18.1 Å². The van der Waals surface area contributed by atoms with Crippen LogP contribution in [-0.4, -0.2) is 61.1 Å². The van der Waals surface area contributed by atoms with Gasteiger partial charge in [0.05, 0.1) is 6.61 Å².